The number of carbonyl (C=O) groups is 3. The van der Waals surface area contributed by atoms with Crippen LogP contribution in [0.3, 0.4) is 0 Å². The van der Waals surface area contributed by atoms with Crippen LogP contribution in [0.4, 0.5) is 9.59 Å². The van der Waals surface area contributed by atoms with Gasteiger partial charge in [-0.2, -0.15) is 0 Å². The van der Waals surface area contributed by atoms with E-state index < -0.39 is 36.4 Å². The van der Waals surface area contributed by atoms with Crippen molar-refractivity contribution in [2.45, 2.75) is 77.4 Å². The molecule has 0 aliphatic rings. The average Bonchev–Trinajstić information content (AvgIpc) is 3.11. The van der Waals surface area contributed by atoms with Gasteiger partial charge in [0.25, 0.3) is 0 Å². The summed E-state index contributed by atoms with van der Waals surface area (Å²) in [5, 5.41) is 20.5. The molecule has 4 atom stereocenters. The summed E-state index contributed by atoms with van der Waals surface area (Å²) in [5.41, 5.74) is 4.37. The number of aromatic nitrogens is 2. The highest BCUT2D eigenvalue weighted by molar-refractivity contribution is 5.87. The molecule has 2 aromatic carbocycles. The third-order valence-electron chi connectivity index (χ3n) is 8.32. The SMILES string of the molecule is Cc1ccc(CN(C)C(=O)NC(C(=O)N[C@@H](Cc2ccccc2)C[C@H](O)[C@H](Cc2ccccc2)NC(=O)OCc2cccnc2)C(C)C)cn1. The Hall–Kier alpha value is -5.29. The fraction of sp³-hybridized carbons (Fsp3) is 0.359. The molecule has 0 bridgehead atoms. The first kappa shape index (κ1) is 37.5. The molecule has 11 heteroatoms. The van der Waals surface area contributed by atoms with E-state index in [1.807, 2.05) is 93.6 Å². The van der Waals surface area contributed by atoms with Gasteiger partial charge in [-0.25, -0.2) is 9.59 Å². The number of aliphatic hydroxyl groups is 1. The molecule has 0 saturated carbocycles. The molecule has 264 valence electrons. The Morgan fingerprint density at radius 3 is 2.06 bits per heavy atom. The molecule has 4 aromatic rings. The zero-order valence-electron chi connectivity index (χ0n) is 29.2. The zero-order chi connectivity index (χ0) is 35.9. The Labute approximate surface area is 294 Å². The highest BCUT2D eigenvalue weighted by Crippen LogP contribution is 2.16. The summed E-state index contributed by atoms with van der Waals surface area (Å²) in [5.74, 6) is -0.590. The fourth-order valence-corrected chi connectivity index (χ4v) is 5.53. The number of hydrogen-bond donors (Lipinski definition) is 4. The summed E-state index contributed by atoms with van der Waals surface area (Å²) in [6, 6.07) is 24.1. The number of carbonyl (C=O) groups excluding carboxylic acids is 3. The van der Waals surface area contributed by atoms with E-state index in [-0.39, 0.29) is 24.9 Å². The van der Waals surface area contributed by atoms with Gasteiger partial charge in [0.2, 0.25) is 5.91 Å². The van der Waals surface area contributed by atoms with Crippen molar-refractivity contribution in [3.8, 4) is 0 Å². The molecule has 0 fully saturated rings. The summed E-state index contributed by atoms with van der Waals surface area (Å²) >= 11 is 0. The second kappa shape index (κ2) is 19.0. The fourth-order valence-electron chi connectivity index (χ4n) is 5.53. The maximum Gasteiger partial charge on any atom is 0.407 e. The van der Waals surface area contributed by atoms with Crippen molar-refractivity contribution in [2.24, 2.45) is 5.92 Å². The molecule has 0 aliphatic heterocycles. The lowest BCUT2D eigenvalue weighted by atomic mass is 9.93. The van der Waals surface area contributed by atoms with Crippen LogP contribution in [0.5, 0.6) is 0 Å². The number of alkyl carbamates (subject to hydrolysis) is 1. The minimum absolute atomic E-state index is 0.0277. The van der Waals surface area contributed by atoms with Gasteiger partial charge >= 0.3 is 12.1 Å². The lowest BCUT2D eigenvalue weighted by Gasteiger charge is -2.30. The first-order chi connectivity index (χ1) is 24.1. The van der Waals surface area contributed by atoms with Crippen LogP contribution in [0.25, 0.3) is 0 Å². The molecule has 50 heavy (non-hydrogen) atoms. The minimum atomic E-state index is -1.06. The molecular formula is C39H48N6O5. The van der Waals surface area contributed by atoms with Crippen LogP contribution < -0.4 is 16.0 Å². The molecule has 4 amide bonds. The van der Waals surface area contributed by atoms with Gasteiger partial charge in [0.05, 0.1) is 12.1 Å². The summed E-state index contributed by atoms with van der Waals surface area (Å²) in [4.78, 5) is 49.9. The predicted molar refractivity (Wildman–Crippen MR) is 192 cm³/mol. The van der Waals surface area contributed by atoms with Crippen molar-refractivity contribution in [1.82, 2.24) is 30.8 Å². The van der Waals surface area contributed by atoms with Gasteiger partial charge in [0.1, 0.15) is 12.6 Å². The van der Waals surface area contributed by atoms with Gasteiger partial charge in [-0.1, -0.05) is 86.6 Å². The van der Waals surface area contributed by atoms with E-state index in [1.54, 1.807) is 37.8 Å². The third-order valence-corrected chi connectivity index (χ3v) is 8.32. The second-order valence-corrected chi connectivity index (χ2v) is 12.9. The molecule has 0 aliphatic carbocycles. The first-order valence-electron chi connectivity index (χ1n) is 16.9. The van der Waals surface area contributed by atoms with Gasteiger partial charge in [0.15, 0.2) is 0 Å². The van der Waals surface area contributed by atoms with Crippen LogP contribution >= 0.6 is 0 Å². The van der Waals surface area contributed by atoms with E-state index in [9.17, 15) is 19.5 Å². The van der Waals surface area contributed by atoms with E-state index in [4.69, 9.17) is 4.74 Å². The monoisotopic (exact) mass is 680 g/mol. The summed E-state index contributed by atoms with van der Waals surface area (Å²) in [7, 11) is 1.67. The number of hydrogen-bond acceptors (Lipinski definition) is 7. The molecule has 0 radical (unpaired) electrons. The molecule has 4 rings (SSSR count). The van der Waals surface area contributed by atoms with Crippen LogP contribution in [0.1, 0.15) is 48.2 Å². The lowest BCUT2D eigenvalue weighted by Crippen LogP contribution is -2.55. The average molecular weight is 681 g/mol. The second-order valence-electron chi connectivity index (χ2n) is 12.9. The van der Waals surface area contributed by atoms with Crippen molar-refractivity contribution in [1.29, 1.82) is 0 Å². The number of nitrogens with zero attached hydrogens (tertiary/aromatic N) is 3. The minimum Gasteiger partial charge on any atom is -0.445 e. The summed E-state index contributed by atoms with van der Waals surface area (Å²) < 4.78 is 5.45. The molecule has 11 nitrogen and oxygen atoms in total. The Kier molecular flexibility index (Phi) is 14.3. The van der Waals surface area contributed by atoms with Crippen molar-refractivity contribution in [3.63, 3.8) is 0 Å². The Balaban J connectivity index is 1.47. The normalized spacial score (nSPS) is 13.4. The number of pyridine rings is 2. The first-order valence-corrected chi connectivity index (χ1v) is 16.9. The third kappa shape index (κ3) is 12.3. The summed E-state index contributed by atoms with van der Waals surface area (Å²) in [6.07, 6.45) is 4.14. The van der Waals surface area contributed by atoms with Crippen LogP contribution in [-0.2, 0) is 35.5 Å². The van der Waals surface area contributed by atoms with Gasteiger partial charge in [-0.15, -0.1) is 0 Å². The molecule has 0 spiro atoms. The number of aryl methyl sites for hydroxylation is 1. The number of amides is 4. The van der Waals surface area contributed by atoms with E-state index in [1.165, 1.54) is 4.90 Å². The summed E-state index contributed by atoms with van der Waals surface area (Å²) in [6.45, 7) is 5.99. The van der Waals surface area contributed by atoms with E-state index in [0.717, 1.165) is 27.9 Å². The Morgan fingerprint density at radius 2 is 1.46 bits per heavy atom. The molecular weight excluding hydrogens is 632 g/mol. The number of ether oxygens (including phenoxy) is 1. The van der Waals surface area contributed by atoms with Crippen LogP contribution in [0, 0.1) is 12.8 Å². The molecule has 4 N–H and O–H groups in total. The standard InChI is InChI=1S/C39H48N6O5/c1-27(2)36(44-38(48)45(4)25-31-18-17-28(3)41-24-31)37(47)42-33(20-29-12-7-5-8-13-29)22-35(46)34(21-30-14-9-6-10-15-30)43-39(49)50-26-32-16-11-19-40-23-32/h5-19,23-24,27,33-36,46H,20-22,25-26H2,1-4H3,(H,42,47)(H,43,49)(H,44,48)/t33-,34-,35-,36?/m0/s1. The molecule has 1 unspecified atom stereocenters. The Morgan fingerprint density at radius 1 is 0.800 bits per heavy atom. The Bertz CT molecular complexity index is 1620. The number of nitrogens with one attached hydrogen (secondary N) is 3. The topological polar surface area (TPSA) is 146 Å². The quantitative estimate of drug-likeness (QED) is 0.131. The van der Waals surface area contributed by atoms with E-state index in [0.29, 0.717) is 19.4 Å². The van der Waals surface area contributed by atoms with Crippen molar-refractivity contribution in [2.75, 3.05) is 7.05 Å². The van der Waals surface area contributed by atoms with Crippen LogP contribution in [-0.4, -0.2) is 69.3 Å². The number of aliphatic hydroxyl groups excluding tert-OH is 1. The van der Waals surface area contributed by atoms with Crippen molar-refractivity contribution in [3.05, 3.63) is 131 Å². The smallest absolute Gasteiger partial charge is 0.407 e. The maximum absolute atomic E-state index is 13.8. The zero-order valence-corrected chi connectivity index (χ0v) is 29.2. The maximum atomic E-state index is 13.8. The van der Waals surface area contributed by atoms with Crippen LogP contribution in [0.15, 0.2) is 104 Å². The van der Waals surface area contributed by atoms with Crippen molar-refractivity contribution < 1.29 is 24.2 Å². The number of benzene rings is 2. The molecule has 2 aromatic heterocycles. The highest BCUT2D eigenvalue weighted by atomic mass is 16.5. The highest BCUT2D eigenvalue weighted by Gasteiger charge is 2.31. The largest absolute Gasteiger partial charge is 0.445 e. The van der Waals surface area contributed by atoms with Gasteiger partial charge in [-0.05, 0) is 60.9 Å². The lowest BCUT2D eigenvalue weighted by molar-refractivity contribution is -0.124. The van der Waals surface area contributed by atoms with Crippen LogP contribution in [0.2, 0.25) is 0 Å². The van der Waals surface area contributed by atoms with Gasteiger partial charge in [0, 0.05) is 49.5 Å². The van der Waals surface area contributed by atoms with E-state index >= 15 is 0 Å². The molecule has 0 saturated heterocycles. The van der Waals surface area contributed by atoms with Crippen molar-refractivity contribution >= 4 is 18.0 Å². The van der Waals surface area contributed by atoms with Gasteiger partial charge < -0.3 is 30.7 Å². The number of rotatable bonds is 16. The molecule has 2 heterocycles. The van der Waals surface area contributed by atoms with Gasteiger partial charge in [-0.3, -0.25) is 14.8 Å². The van der Waals surface area contributed by atoms with E-state index in [2.05, 4.69) is 25.9 Å². The predicted octanol–water partition coefficient (Wildman–Crippen LogP) is 4.97. The number of urea groups is 1.